The Morgan fingerprint density at radius 2 is 1.96 bits per heavy atom. The second-order valence-corrected chi connectivity index (χ2v) is 6.50. The number of hydrogen-bond donors (Lipinski definition) is 2. The molecule has 3 rings (SSSR count). The number of fused-ring (bicyclic) bond motifs is 1. The normalized spacial score (nSPS) is 13.6. The van der Waals surface area contributed by atoms with Gasteiger partial charge in [0, 0.05) is 6.54 Å². The van der Waals surface area contributed by atoms with Crippen LogP contribution in [0, 0.1) is 6.92 Å². The number of hydrogen-bond acceptors (Lipinski definition) is 6. The summed E-state index contributed by atoms with van der Waals surface area (Å²) in [5, 5.41) is 3.43. The molecule has 0 unspecified atom stereocenters. The number of benzene rings is 1. The predicted molar refractivity (Wildman–Crippen MR) is 92.6 cm³/mol. The number of nitrogens with zero attached hydrogens (tertiary/aromatic N) is 2. The van der Waals surface area contributed by atoms with Gasteiger partial charge in [-0.1, -0.05) is 24.3 Å². The maximum Gasteiger partial charge on any atom is 0.271 e. The lowest BCUT2D eigenvalue weighted by molar-refractivity contribution is 0.0979. The SMILES string of the molecule is Cc1ccccc1CNC(C)(C)c1nc2c(c(C(N)=O)n1)OCCO2. The topological polar surface area (TPSA) is 99.4 Å². The molecule has 0 spiro atoms. The highest BCUT2D eigenvalue weighted by Gasteiger charge is 2.30. The van der Waals surface area contributed by atoms with Gasteiger partial charge in [-0.25, -0.2) is 4.98 Å². The van der Waals surface area contributed by atoms with Crippen molar-refractivity contribution in [1.29, 1.82) is 0 Å². The number of primary amides is 1. The number of amides is 1. The van der Waals surface area contributed by atoms with Crippen LogP contribution in [0.1, 0.15) is 41.3 Å². The maximum atomic E-state index is 11.8. The van der Waals surface area contributed by atoms with Crippen molar-refractivity contribution in [2.75, 3.05) is 13.2 Å². The Morgan fingerprint density at radius 3 is 2.68 bits per heavy atom. The van der Waals surface area contributed by atoms with E-state index in [1.807, 2.05) is 26.0 Å². The number of rotatable bonds is 5. The summed E-state index contributed by atoms with van der Waals surface area (Å²) in [7, 11) is 0. The number of aryl methyl sites for hydroxylation is 1. The number of nitrogens with two attached hydrogens (primary N) is 1. The van der Waals surface area contributed by atoms with Gasteiger partial charge >= 0.3 is 0 Å². The average molecular weight is 342 g/mol. The van der Waals surface area contributed by atoms with E-state index in [9.17, 15) is 4.79 Å². The summed E-state index contributed by atoms with van der Waals surface area (Å²) in [6.07, 6.45) is 0. The van der Waals surface area contributed by atoms with Crippen molar-refractivity contribution in [3.8, 4) is 11.6 Å². The second-order valence-electron chi connectivity index (χ2n) is 6.50. The molecule has 1 aliphatic heterocycles. The van der Waals surface area contributed by atoms with Gasteiger partial charge in [0.15, 0.2) is 11.5 Å². The van der Waals surface area contributed by atoms with E-state index < -0.39 is 11.4 Å². The van der Waals surface area contributed by atoms with E-state index >= 15 is 0 Å². The minimum atomic E-state index is -0.667. The van der Waals surface area contributed by atoms with Gasteiger partial charge in [0.05, 0.1) is 5.54 Å². The van der Waals surface area contributed by atoms with Crippen molar-refractivity contribution in [2.24, 2.45) is 5.73 Å². The molecule has 7 heteroatoms. The van der Waals surface area contributed by atoms with E-state index in [2.05, 4.69) is 34.3 Å². The summed E-state index contributed by atoms with van der Waals surface area (Å²) in [6, 6.07) is 8.14. The molecule has 1 aromatic carbocycles. The first-order valence-electron chi connectivity index (χ1n) is 8.16. The first kappa shape index (κ1) is 17.2. The Morgan fingerprint density at radius 1 is 1.24 bits per heavy atom. The van der Waals surface area contributed by atoms with Crippen molar-refractivity contribution in [1.82, 2.24) is 15.3 Å². The zero-order valence-electron chi connectivity index (χ0n) is 14.6. The fraction of sp³-hybridized carbons (Fsp3) is 0.389. The van der Waals surface area contributed by atoms with E-state index in [1.54, 1.807) is 0 Å². The third-order valence-corrected chi connectivity index (χ3v) is 4.18. The van der Waals surface area contributed by atoms with Crippen LogP contribution in [-0.2, 0) is 12.1 Å². The van der Waals surface area contributed by atoms with E-state index in [1.165, 1.54) is 11.1 Å². The summed E-state index contributed by atoms with van der Waals surface area (Å²) in [5.74, 6) is 0.243. The maximum absolute atomic E-state index is 11.8. The second kappa shape index (κ2) is 6.68. The fourth-order valence-electron chi connectivity index (χ4n) is 2.59. The van der Waals surface area contributed by atoms with Crippen LogP contribution in [-0.4, -0.2) is 29.1 Å². The Kier molecular flexibility index (Phi) is 4.59. The monoisotopic (exact) mass is 342 g/mol. The minimum absolute atomic E-state index is 0.0467. The lowest BCUT2D eigenvalue weighted by atomic mass is 10.0. The molecule has 25 heavy (non-hydrogen) atoms. The summed E-state index contributed by atoms with van der Waals surface area (Å²) in [6.45, 7) is 7.31. The molecule has 2 heterocycles. The van der Waals surface area contributed by atoms with Crippen LogP contribution in [0.5, 0.6) is 11.6 Å². The molecule has 1 amide bonds. The molecule has 0 atom stereocenters. The summed E-state index contributed by atoms with van der Waals surface area (Å²) in [5.41, 5.74) is 7.29. The highest BCUT2D eigenvalue weighted by Crippen LogP contribution is 2.33. The molecule has 1 aromatic heterocycles. The summed E-state index contributed by atoms with van der Waals surface area (Å²) in [4.78, 5) is 20.5. The number of carbonyl (C=O) groups is 1. The van der Waals surface area contributed by atoms with Gasteiger partial charge in [-0.05, 0) is 31.9 Å². The highest BCUT2D eigenvalue weighted by molar-refractivity contribution is 5.94. The van der Waals surface area contributed by atoms with Crippen molar-refractivity contribution in [3.05, 3.63) is 46.9 Å². The van der Waals surface area contributed by atoms with E-state index in [-0.39, 0.29) is 17.3 Å². The molecule has 1 aliphatic rings. The van der Waals surface area contributed by atoms with Crippen LogP contribution >= 0.6 is 0 Å². The quantitative estimate of drug-likeness (QED) is 0.858. The molecule has 0 saturated carbocycles. The Bertz CT molecular complexity index is 805. The van der Waals surface area contributed by atoms with Crippen molar-refractivity contribution < 1.29 is 14.3 Å². The van der Waals surface area contributed by atoms with Crippen LogP contribution in [0.25, 0.3) is 0 Å². The van der Waals surface area contributed by atoms with Gasteiger partial charge in [-0.2, -0.15) is 4.98 Å². The standard InChI is InChI=1S/C18H22N4O3/c1-11-6-4-5-7-12(11)10-20-18(2,3)17-21-13(15(19)23)14-16(22-17)25-9-8-24-14/h4-7,20H,8-10H2,1-3H3,(H2,19,23). The molecule has 0 fully saturated rings. The lowest BCUT2D eigenvalue weighted by Gasteiger charge is -2.27. The molecule has 132 valence electrons. The van der Waals surface area contributed by atoms with Gasteiger partial charge < -0.3 is 20.5 Å². The molecule has 0 bridgehead atoms. The van der Waals surface area contributed by atoms with Crippen LogP contribution < -0.4 is 20.5 Å². The van der Waals surface area contributed by atoms with Gasteiger partial charge in [0.2, 0.25) is 5.75 Å². The van der Waals surface area contributed by atoms with Gasteiger partial charge in [-0.15, -0.1) is 0 Å². The van der Waals surface area contributed by atoms with Crippen molar-refractivity contribution >= 4 is 5.91 Å². The van der Waals surface area contributed by atoms with Crippen LogP contribution in [0.15, 0.2) is 24.3 Å². The van der Waals surface area contributed by atoms with E-state index in [4.69, 9.17) is 15.2 Å². The summed E-state index contributed by atoms with van der Waals surface area (Å²) >= 11 is 0. The fourth-order valence-corrected chi connectivity index (χ4v) is 2.59. The molecular weight excluding hydrogens is 320 g/mol. The largest absolute Gasteiger partial charge is 0.483 e. The third kappa shape index (κ3) is 3.56. The molecule has 0 aliphatic carbocycles. The van der Waals surface area contributed by atoms with E-state index in [0.717, 1.165) is 0 Å². The smallest absolute Gasteiger partial charge is 0.271 e. The zero-order chi connectivity index (χ0) is 18.0. The summed E-state index contributed by atoms with van der Waals surface area (Å²) < 4.78 is 11.0. The first-order chi connectivity index (χ1) is 11.9. The predicted octanol–water partition coefficient (Wildman–Crippen LogP) is 1.68. The molecule has 3 N–H and O–H groups in total. The van der Waals surface area contributed by atoms with Crippen molar-refractivity contribution in [2.45, 2.75) is 32.9 Å². The van der Waals surface area contributed by atoms with Gasteiger partial charge in [0.25, 0.3) is 11.8 Å². The number of carbonyl (C=O) groups excluding carboxylic acids is 1. The average Bonchev–Trinajstić information content (AvgIpc) is 2.60. The van der Waals surface area contributed by atoms with Crippen LogP contribution in [0.3, 0.4) is 0 Å². The molecule has 7 nitrogen and oxygen atoms in total. The van der Waals surface area contributed by atoms with Crippen molar-refractivity contribution in [3.63, 3.8) is 0 Å². The lowest BCUT2D eigenvalue weighted by Crippen LogP contribution is -2.39. The Labute approximate surface area is 146 Å². The zero-order valence-corrected chi connectivity index (χ0v) is 14.6. The number of nitrogens with one attached hydrogen (secondary N) is 1. The minimum Gasteiger partial charge on any atom is -0.483 e. The molecule has 2 aromatic rings. The van der Waals surface area contributed by atoms with Crippen LogP contribution in [0.4, 0.5) is 0 Å². The van der Waals surface area contributed by atoms with E-state index in [0.29, 0.717) is 25.6 Å². The first-order valence-corrected chi connectivity index (χ1v) is 8.16. The molecule has 0 saturated heterocycles. The van der Waals surface area contributed by atoms with Gasteiger partial charge in [0.1, 0.15) is 13.2 Å². The highest BCUT2D eigenvalue weighted by atomic mass is 16.6. The Hall–Kier alpha value is -2.67. The third-order valence-electron chi connectivity index (χ3n) is 4.18. The molecule has 0 radical (unpaired) electrons. The Balaban J connectivity index is 1.90. The number of ether oxygens (including phenoxy) is 2. The molecular formula is C18H22N4O3. The van der Waals surface area contributed by atoms with Gasteiger partial charge in [-0.3, -0.25) is 4.79 Å². The van der Waals surface area contributed by atoms with Crippen LogP contribution in [0.2, 0.25) is 0 Å². The number of aromatic nitrogens is 2.